The molecule has 0 aromatic heterocycles. The first-order valence-corrected chi connectivity index (χ1v) is 4.59. The summed E-state index contributed by atoms with van der Waals surface area (Å²) in [6.07, 6.45) is 0. The van der Waals surface area contributed by atoms with Gasteiger partial charge < -0.3 is 9.64 Å². The molecule has 0 atom stereocenters. The Bertz CT molecular complexity index is 362. The summed E-state index contributed by atoms with van der Waals surface area (Å²) in [4.78, 5) is 2.17. The maximum atomic E-state index is 5.54. The summed E-state index contributed by atoms with van der Waals surface area (Å²) in [7, 11) is 3.72. The predicted octanol–water partition coefficient (Wildman–Crippen LogP) is 2.23. The van der Waals surface area contributed by atoms with Crippen molar-refractivity contribution in [1.82, 2.24) is 0 Å². The summed E-state index contributed by atoms with van der Waals surface area (Å²) in [5, 5.41) is 7.70. The SMILES string of the molecule is CN=Nc1ccc2c(c1)OCCN2C. The number of anilines is 1. The largest absolute Gasteiger partial charge is 0.489 e. The normalized spacial score (nSPS) is 15.4. The van der Waals surface area contributed by atoms with Gasteiger partial charge in [0.05, 0.1) is 17.9 Å². The minimum Gasteiger partial charge on any atom is -0.489 e. The third kappa shape index (κ3) is 1.55. The van der Waals surface area contributed by atoms with Crippen molar-refractivity contribution in [3.05, 3.63) is 18.2 Å². The second-order valence-corrected chi connectivity index (χ2v) is 3.22. The van der Waals surface area contributed by atoms with Gasteiger partial charge in [0.15, 0.2) is 0 Å². The van der Waals surface area contributed by atoms with Crippen LogP contribution in [0.15, 0.2) is 28.4 Å². The summed E-state index contributed by atoms with van der Waals surface area (Å²) >= 11 is 0. The van der Waals surface area contributed by atoms with E-state index in [9.17, 15) is 0 Å². The van der Waals surface area contributed by atoms with Gasteiger partial charge in [-0.3, -0.25) is 0 Å². The van der Waals surface area contributed by atoms with E-state index in [1.807, 2.05) is 18.2 Å². The van der Waals surface area contributed by atoms with Crippen molar-refractivity contribution in [2.24, 2.45) is 10.2 Å². The molecule has 0 spiro atoms. The zero-order valence-electron chi connectivity index (χ0n) is 8.40. The minimum atomic E-state index is 0.732. The van der Waals surface area contributed by atoms with Crippen LogP contribution in [0.1, 0.15) is 0 Å². The Morgan fingerprint density at radius 2 is 2.29 bits per heavy atom. The highest BCUT2D eigenvalue weighted by Crippen LogP contribution is 2.34. The molecule has 1 heterocycles. The first kappa shape index (κ1) is 8.99. The predicted molar refractivity (Wildman–Crippen MR) is 55.6 cm³/mol. The van der Waals surface area contributed by atoms with Crippen LogP contribution in [0.2, 0.25) is 0 Å². The van der Waals surface area contributed by atoms with Gasteiger partial charge >= 0.3 is 0 Å². The highest BCUT2D eigenvalue weighted by atomic mass is 16.5. The Labute approximate surface area is 83.2 Å². The zero-order valence-corrected chi connectivity index (χ0v) is 8.40. The molecule has 2 rings (SSSR count). The van der Waals surface area contributed by atoms with Gasteiger partial charge in [0.25, 0.3) is 0 Å². The third-order valence-electron chi connectivity index (χ3n) is 2.25. The minimum absolute atomic E-state index is 0.732. The van der Waals surface area contributed by atoms with E-state index in [2.05, 4.69) is 22.2 Å². The maximum Gasteiger partial charge on any atom is 0.144 e. The molecule has 1 aromatic rings. The van der Waals surface area contributed by atoms with E-state index in [1.54, 1.807) is 7.05 Å². The van der Waals surface area contributed by atoms with E-state index >= 15 is 0 Å². The Hall–Kier alpha value is -1.58. The van der Waals surface area contributed by atoms with Crippen molar-refractivity contribution >= 4 is 11.4 Å². The standard InChI is InChI=1S/C10H13N3O/c1-11-12-8-3-4-9-10(7-8)14-6-5-13(9)2/h3-4,7H,5-6H2,1-2H3. The van der Waals surface area contributed by atoms with Gasteiger partial charge in [0.1, 0.15) is 12.4 Å². The van der Waals surface area contributed by atoms with E-state index < -0.39 is 0 Å². The molecule has 4 nitrogen and oxygen atoms in total. The fourth-order valence-corrected chi connectivity index (χ4v) is 1.52. The highest BCUT2D eigenvalue weighted by Gasteiger charge is 2.14. The van der Waals surface area contributed by atoms with E-state index in [4.69, 9.17) is 4.74 Å². The van der Waals surface area contributed by atoms with Crippen molar-refractivity contribution in [2.75, 3.05) is 32.1 Å². The molecule has 0 saturated heterocycles. The summed E-state index contributed by atoms with van der Waals surface area (Å²) in [5.41, 5.74) is 1.95. The topological polar surface area (TPSA) is 37.2 Å². The maximum absolute atomic E-state index is 5.54. The van der Waals surface area contributed by atoms with Crippen LogP contribution in [0.3, 0.4) is 0 Å². The number of ether oxygens (including phenoxy) is 1. The van der Waals surface area contributed by atoms with Gasteiger partial charge in [-0.1, -0.05) is 0 Å². The van der Waals surface area contributed by atoms with Crippen LogP contribution in [-0.2, 0) is 0 Å². The van der Waals surface area contributed by atoms with Crippen LogP contribution < -0.4 is 9.64 Å². The number of rotatable bonds is 1. The quantitative estimate of drug-likeness (QED) is 0.638. The van der Waals surface area contributed by atoms with E-state index in [0.29, 0.717) is 0 Å². The monoisotopic (exact) mass is 191 g/mol. The van der Waals surface area contributed by atoms with E-state index in [1.165, 1.54) is 0 Å². The number of hydrogen-bond donors (Lipinski definition) is 0. The Morgan fingerprint density at radius 3 is 3.07 bits per heavy atom. The Kier molecular flexibility index (Phi) is 2.35. The van der Waals surface area contributed by atoms with Gasteiger partial charge in [0.2, 0.25) is 0 Å². The van der Waals surface area contributed by atoms with Crippen LogP contribution in [0, 0.1) is 0 Å². The second-order valence-electron chi connectivity index (χ2n) is 3.22. The van der Waals surface area contributed by atoms with Crippen LogP contribution in [0.5, 0.6) is 5.75 Å². The van der Waals surface area contributed by atoms with Gasteiger partial charge in [0, 0.05) is 20.2 Å². The van der Waals surface area contributed by atoms with Crippen LogP contribution in [0.4, 0.5) is 11.4 Å². The molecule has 0 fully saturated rings. The summed E-state index contributed by atoms with van der Waals surface area (Å²) in [6.45, 7) is 1.66. The molecule has 1 aliphatic heterocycles. The van der Waals surface area contributed by atoms with Crippen LogP contribution >= 0.6 is 0 Å². The second kappa shape index (κ2) is 3.65. The lowest BCUT2D eigenvalue weighted by atomic mass is 10.2. The molecular weight excluding hydrogens is 178 g/mol. The van der Waals surface area contributed by atoms with Crippen molar-refractivity contribution in [3.8, 4) is 5.75 Å². The molecule has 0 aliphatic carbocycles. The van der Waals surface area contributed by atoms with Crippen molar-refractivity contribution < 1.29 is 4.74 Å². The molecule has 0 amide bonds. The van der Waals surface area contributed by atoms with Gasteiger partial charge in [-0.25, -0.2) is 0 Å². The molecule has 0 unspecified atom stereocenters. The molecule has 0 N–H and O–H groups in total. The van der Waals surface area contributed by atoms with Crippen molar-refractivity contribution in [2.45, 2.75) is 0 Å². The molecule has 4 heteroatoms. The van der Waals surface area contributed by atoms with Crippen LogP contribution in [-0.4, -0.2) is 27.2 Å². The number of fused-ring (bicyclic) bond motifs is 1. The number of likely N-dealkylation sites (N-methyl/N-ethyl adjacent to an activating group) is 1. The molecule has 74 valence electrons. The van der Waals surface area contributed by atoms with Gasteiger partial charge in [-0.2, -0.15) is 10.2 Å². The number of azo groups is 1. The number of nitrogens with zero attached hydrogens (tertiary/aromatic N) is 3. The summed E-state index contributed by atoms with van der Waals surface area (Å²) in [5.74, 6) is 0.892. The van der Waals surface area contributed by atoms with Crippen LogP contribution in [0.25, 0.3) is 0 Å². The molecular formula is C10H13N3O. The van der Waals surface area contributed by atoms with E-state index in [-0.39, 0.29) is 0 Å². The van der Waals surface area contributed by atoms with E-state index in [0.717, 1.165) is 30.3 Å². The lowest BCUT2D eigenvalue weighted by Crippen LogP contribution is -2.28. The van der Waals surface area contributed by atoms with Crippen molar-refractivity contribution in [1.29, 1.82) is 0 Å². The molecule has 0 radical (unpaired) electrons. The fraction of sp³-hybridized carbons (Fsp3) is 0.400. The van der Waals surface area contributed by atoms with Gasteiger partial charge in [-0.05, 0) is 12.1 Å². The number of benzene rings is 1. The molecule has 0 bridgehead atoms. The molecule has 1 aliphatic rings. The summed E-state index contributed by atoms with van der Waals surface area (Å²) in [6, 6.07) is 5.87. The lowest BCUT2D eigenvalue weighted by Gasteiger charge is -2.27. The van der Waals surface area contributed by atoms with Gasteiger partial charge in [-0.15, -0.1) is 0 Å². The molecule has 0 saturated carbocycles. The first-order valence-electron chi connectivity index (χ1n) is 4.59. The van der Waals surface area contributed by atoms with Crippen molar-refractivity contribution in [3.63, 3.8) is 0 Å². The summed E-state index contributed by atoms with van der Waals surface area (Å²) < 4.78 is 5.54. The first-order chi connectivity index (χ1) is 6.81. The molecule has 1 aromatic carbocycles. The Balaban J connectivity index is 2.38. The zero-order chi connectivity index (χ0) is 9.97. The third-order valence-corrected chi connectivity index (χ3v) is 2.25. The molecule has 14 heavy (non-hydrogen) atoms. The number of hydrogen-bond acceptors (Lipinski definition) is 4. The lowest BCUT2D eigenvalue weighted by molar-refractivity contribution is 0.311. The Morgan fingerprint density at radius 1 is 1.43 bits per heavy atom. The average molecular weight is 191 g/mol. The fourth-order valence-electron chi connectivity index (χ4n) is 1.52. The average Bonchev–Trinajstić information content (AvgIpc) is 2.18. The highest BCUT2D eigenvalue weighted by molar-refractivity contribution is 5.64. The smallest absolute Gasteiger partial charge is 0.144 e.